The maximum absolute atomic E-state index is 11.0. The van der Waals surface area contributed by atoms with E-state index in [1.165, 1.54) is 6.07 Å². The molecule has 0 aliphatic heterocycles. The quantitative estimate of drug-likeness (QED) is 0.394. The first-order chi connectivity index (χ1) is 12.1. The fourth-order valence-corrected chi connectivity index (χ4v) is 3.03. The molecule has 1 heterocycles. The number of nitrogens with zero attached hydrogens (tertiary/aromatic N) is 2. The molecule has 4 aromatic rings. The summed E-state index contributed by atoms with van der Waals surface area (Å²) in [7, 11) is 0. The van der Waals surface area contributed by atoms with Crippen LogP contribution in [0.2, 0.25) is 5.02 Å². The molecule has 6 heteroatoms. The van der Waals surface area contributed by atoms with Crippen molar-refractivity contribution in [3.8, 4) is 22.5 Å². The minimum atomic E-state index is -0.393. The Morgan fingerprint density at radius 3 is 2.56 bits per heavy atom. The lowest BCUT2D eigenvalue weighted by atomic mass is 10.0. The van der Waals surface area contributed by atoms with Gasteiger partial charge in [-0.25, -0.2) is 0 Å². The molecule has 4 rings (SSSR count). The highest BCUT2D eigenvalue weighted by Crippen LogP contribution is 2.31. The Labute approximate surface area is 148 Å². The number of halogens is 1. The van der Waals surface area contributed by atoms with Crippen LogP contribution in [0.15, 0.2) is 66.7 Å². The number of hydrogen-bond acceptors (Lipinski definition) is 3. The topological polar surface area (TPSA) is 71.8 Å². The van der Waals surface area contributed by atoms with Crippen molar-refractivity contribution in [2.45, 2.75) is 0 Å². The van der Waals surface area contributed by atoms with E-state index in [1.807, 2.05) is 48.5 Å². The van der Waals surface area contributed by atoms with Crippen LogP contribution in [0.1, 0.15) is 0 Å². The summed E-state index contributed by atoms with van der Waals surface area (Å²) in [5.74, 6) is 0. The van der Waals surface area contributed by atoms with Gasteiger partial charge in [0.05, 0.1) is 16.3 Å². The van der Waals surface area contributed by atoms with Gasteiger partial charge >= 0.3 is 0 Å². The van der Waals surface area contributed by atoms with Crippen molar-refractivity contribution in [2.24, 2.45) is 0 Å². The molecule has 122 valence electrons. The van der Waals surface area contributed by atoms with Crippen molar-refractivity contribution in [1.82, 2.24) is 10.2 Å². The van der Waals surface area contributed by atoms with E-state index >= 15 is 0 Å². The Kier molecular flexibility index (Phi) is 3.71. The van der Waals surface area contributed by atoms with Crippen molar-refractivity contribution in [1.29, 1.82) is 0 Å². The number of non-ortho nitro benzene ring substituents is 1. The Balaban J connectivity index is 1.77. The van der Waals surface area contributed by atoms with E-state index in [1.54, 1.807) is 12.1 Å². The summed E-state index contributed by atoms with van der Waals surface area (Å²) in [6.07, 6.45) is 0. The summed E-state index contributed by atoms with van der Waals surface area (Å²) in [6.45, 7) is 0. The minimum Gasteiger partial charge on any atom is -0.277 e. The molecule has 0 amide bonds. The fourth-order valence-electron chi connectivity index (χ4n) is 2.79. The standard InChI is InChI=1S/C19H12ClN3O2/c20-17-4-2-1-3-16(17)19-11-18(21-22-19)13-6-5-12-7-8-15(23(24)25)10-14(12)9-13/h1-11H,(H,21,22). The van der Waals surface area contributed by atoms with E-state index in [0.717, 1.165) is 33.3 Å². The van der Waals surface area contributed by atoms with Crippen LogP contribution in [0.3, 0.4) is 0 Å². The fraction of sp³-hybridized carbons (Fsp3) is 0. The lowest BCUT2D eigenvalue weighted by molar-refractivity contribution is -0.384. The van der Waals surface area contributed by atoms with E-state index in [0.29, 0.717) is 5.02 Å². The van der Waals surface area contributed by atoms with Crippen molar-refractivity contribution in [3.63, 3.8) is 0 Å². The molecule has 3 aromatic carbocycles. The monoisotopic (exact) mass is 349 g/mol. The number of nitrogens with one attached hydrogen (secondary N) is 1. The molecule has 0 saturated heterocycles. The van der Waals surface area contributed by atoms with Crippen LogP contribution < -0.4 is 0 Å². The highest BCUT2D eigenvalue weighted by molar-refractivity contribution is 6.33. The zero-order valence-corrected chi connectivity index (χ0v) is 13.7. The van der Waals surface area contributed by atoms with Gasteiger partial charge in [-0.1, -0.05) is 41.9 Å². The molecule has 1 N–H and O–H groups in total. The average Bonchev–Trinajstić information content (AvgIpc) is 3.11. The zero-order chi connectivity index (χ0) is 17.4. The number of nitro groups is 1. The Morgan fingerprint density at radius 1 is 0.960 bits per heavy atom. The number of rotatable bonds is 3. The third kappa shape index (κ3) is 2.86. The van der Waals surface area contributed by atoms with Crippen LogP contribution in [-0.2, 0) is 0 Å². The molecule has 0 atom stereocenters. The smallest absolute Gasteiger partial charge is 0.270 e. The van der Waals surface area contributed by atoms with Crippen LogP contribution in [0.25, 0.3) is 33.3 Å². The van der Waals surface area contributed by atoms with E-state index in [9.17, 15) is 10.1 Å². The zero-order valence-electron chi connectivity index (χ0n) is 12.9. The largest absolute Gasteiger partial charge is 0.277 e. The SMILES string of the molecule is O=[N+]([O-])c1ccc2ccc(-c3cc(-c4ccccc4Cl)[nH]n3)cc2c1. The number of H-pyrrole nitrogens is 1. The van der Waals surface area contributed by atoms with Crippen molar-refractivity contribution in [2.75, 3.05) is 0 Å². The van der Waals surface area contributed by atoms with E-state index in [-0.39, 0.29) is 5.69 Å². The number of fused-ring (bicyclic) bond motifs is 1. The molecule has 0 saturated carbocycles. The molecule has 0 aliphatic rings. The molecule has 0 unspecified atom stereocenters. The second kappa shape index (κ2) is 6.03. The second-order valence-corrected chi connectivity index (χ2v) is 6.06. The van der Waals surface area contributed by atoms with E-state index in [4.69, 9.17) is 11.6 Å². The Bertz CT molecular complexity index is 1100. The summed E-state index contributed by atoms with van der Waals surface area (Å²) in [5.41, 5.74) is 3.40. The predicted octanol–water partition coefficient (Wildman–Crippen LogP) is 5.46. The van der Waals surface area contributed by atoms with Crippen LogP contribution in [0.5, 0.6) is 0 Å². The van der Waals surface area contributed by atoms with Crippen molar-refractivity contribution in [3.05, 3.63) is 81.9 Å². The molecular weight excluding hydrogens is 338 g/mol. The van der Waals surface area contributed by atoms with E-state index in [2.05, 4.69) is 10.2 Å². The maximum Gasteiger partial charge on any atom is 0.270 e. The third-order valence-corrected chi connectivity index (χ3v) is 4.40. The molecule has 0 aliphatic carbocycles. The maximum atomic E-state index is 11.0. The Morgan fingerprint density at radius 2 is 1.76 bits per heavy atom. The highest BCUT2D eigenvalue weighted by atomic mass is 35.5. The van der Waals surface area contributed by atoms with Gasteiger partial charge in [0.1, 0.15) is 0 Å². The van der Waals surface area contributed by atoms with Gasteiger partial charge in [-0.2, -0.15) is 5.10 Å². The lowest BCUT2D eigenvalue weighted by Crippen LogP contribution is -1.87. The average molecular weight is 350 g/mol. The minimum absolute atomic E-state index is 0.0726. The summed E-state index contributed by atoms with van der Waals surface area (Å²) in [4.78, 5) is 10.6. The summed E-state index contributed by atoms with van der Waals surface area (Å²) in [6, 6.07) is 20.0. The van der Waals surface area contributed by atoms with Gasteiger partial charge in [0.25, 0.3) is 5.69 Å². The number of hydrogen-bond donors (Lipinski definition) is 1. The van der Waals surface area contributed by atoms with Gasteiger partial charge in [0.2, 0.25) is 0 Å². The first kappa shape index (κ1) is 15.4. The van der Waals surface area contributed by atoms with Gasteiger partial charge in [0.15, 0.2) is 0 Å². The number of nitro benzene ring substituents is 1. The van der Waals surface area contributed by atoms with Crippen LogP contribution in [0.4, 0.5) is 5.69 Å². The third-order valence-electron chi connectivity index (χ3n) is 4.07. The molecule has 1 aromatic heterocycles. The van der Waals surface area contributed by atoms with Crippen LogP contribution in [0, 0.1) is 10.1 Å². The summed E-state index contributed by atoms with van der Waals surface area (Å²) in [5, 5.41) is 20.7. The lowest BCUT2D eigenvalue weighted by Gasteiger charge is -2.01. The van der Waals surface area contributed by atoms with Gasteiger partial charge in [0, 0.05) is 28.3 Å². The normalized spacial score (nSPS) is 10.9. The molecule has 0 fully saturated rings. The first-order valence-electron chi connectivity index (χ1n) is 7.61. The molecular formula is C19H12ClN3O2. The highest BCUT2D eigenvalue weighted by Gasteiger charge is 2.10. The summed E-state index contributed by atoms with van der Waals surface area (Å²) < 4.78 is 0. The molecule has 5 nitrogen and oxygen atoms in total. The molecule has 25 heavy (non-hydrogen) atoms. The van der Waals surface area contributed by atoms with Gasteiger partial charge < -0.3 is 0 Å². The second-order valence-electron chi connectivity index (χ2n) is 5.65. The number of aromatic amines is 1. The number of benzene rings is 3. The van der Waals surface area contributed by atoms with Gasteiger partial charge in [-0.05, 0) is 35.0 Å². The molecule has 0 radical (unpaired) electrons. The van der Waals surface area contributed by atoms with Crippen LogP contribution in [-0.4, -0.2) is 15.1 Å². The van der Waals surface area contributed by atoms with Gasteiger partial charge in [-0.3, -0.25) is 15.2 Å². The van der Waals surface area contributed by atoms with Crippen molar-refractivity contribution < 1.29 is 4.92 Å². The predicted molar refractivity (Wildman–Crippen MR) is 98.6 cm³/mol. The Hall–Kier alpha value is -3.18. The molecule has 0 spiro atoms. The number of aromatic nitrogens is 2. The van der Waals surface area contributed by atoms with Gasteiger partial charge in [-0.15, -0.1) is 0 Å². The summed E-state index contributed by atoms with van der Waals surface area (Å²) >= 11 is 6.23. The van der Waals surface area contributed by atoms with E-state index < -0.39 is 4.92 Å². The van der Waals surface area contributed by atoms with Crippen molar-refractivity contribution >= 4 is 28.1 Å². The molecule has 0 bridgehead atoms. The van der Waals surface area contributed by atoms with Crippen LogP contribution >= 0.6 is 11.6 Å². The first-order valence-corrected chi connectivity index (χ1v) is 7.98.